The van der Waals surface area contributed by atoms with Crippen molar-refractivity contribution in [3.63, 3.8) is 0 Å². The van der Waals surface area contributed by atoms with Crippen LogP contribution in [0.15, 0.2) is 53.2 Å². The van der Waals surface area contributed by atoms with Gasteiger partial charge in [0.05, 0.1) is 17.3 Å². The number of hydrogen-bond donors (Lipinski definition) is 0. The summed E-state index contributed by atoms with van der Waals surface area (Å²) in [5, 5.41) is 16.5. The van der Waals surface area contributed by atoms with Gasteiger partial charge in [0.1, 0.15) is 28.0 Å². The normalized spacial score (nSPS) is 11.9. The Morgan fingerprint density at radius 3 is 2.42 bits per heavy atom. The van der Waals surface area contributed by atoms with Gasteiger partial charge in [-0.25, -0.2) is 13.5 Å². The van der Waals surface area contributed by atoms with E-state index in [1.807, 2.05) is 0 Å². The van der Waals surface area contributed by atoms with Gasteiger partial charge in [-0.05, 0) is 30.7 Å². The minimum absolute atomic E-state index is 0.0160. The first-order valence-electron chi connectivity index (χ1n) is 10.2. The molecule has 6 nitrogen and oxygen atoms in total. The van der Waals surface area contributed by atoms with Crippen molar-refractivity contribution < 1.29 is 26.5 Å². The van der Waals surface area contributed by atoms with Crippen molar-refractivity contribution in [3.05, 3.63) is 76.6 Å². The van der Waals surface area contributed by atoms with Gasteiger partial charge in [-0.1, -0.05) is 63.3 Å². The minimum atomic E-state index is -4.96. The average molecular weight is 629 g/mol. The van der Waals surface area contributed by atoms with Crippen LogP contribution in [0.1, 0.15) is 16.3 Å². The minimum Gasteiger partial charge on any atom is -0.355 e. The summed E-state index contributed by atoms with van der Waals surface area (Å²) in [5.74, 6) is -1.85. The van der Waals surface area contributed by atoms with Gasteiger partial charge in [0.2, 0.25) is 0 Å². The highest BCUT2D eigenvalue weighted by atomic mass is 127. The van der Waals surface area contributed by atoms with E-state index in [0.29, 0.717) is 19.7 Å². The molecular weight excluding hydrogens is 616 g/mol. The van der Waals surface area contributed by atoms with Crippen LogP contribution in [-0.2, 0) is 10.6 Å². The summed E-state index contributed by atoms with van der Waals surface area (Å²) >= 11 is 3.14. The molecule has 3 aromatic heterocycles. The van der Waals surface area contributed by atoms with Crippen molar-refractivity contribution in [2.75, 3.05) is 0 Å². The first-order chi connectivity index (χ1) is 17.2. The van der Waals surface area contributed by atoms with Gasteiger partial charge in [0.15, 0.2) is 16.5 Å². The molecule has 2 aromatic carbocycles. The molecule has 0 saturated carbocycles. The second kappa shape index (κ2) is 9.35. The van der Waals surface area contributed by atoms with Gasteiger partial charge >= 0.3 is 6.18 Å². The van der Waals surface area contributed by atoms with E-state index in [9.17, 15) is 17.6 Å². The monoisotopic (exact) mass is 629 g/mol. The van der Waals surface area contributed by atoms with Gasteiger partial charge < -0.3 is 4.52 Å². The third kappa shape index (κ3) is 4.19. The lowest BCUT2D eigenvalue weighted by Gasteiger charge is -2.13. The fraction of sp³-hybridized carbons (Fsp3) is 0.130. The summed E-state index contributed by atoms with van der Waals surface area (Å²) in [6, 6.07) is 9.40. The zero-order valence-corrected chi connectivity index (χ0v) is 21.1. The first-order valence-corrected chi connectivity index (χ1v) is 12.6. The molecule has 0 amide bonds. The number of aromatic nitrogens is 5. The fourth-order valence-corrected chi connectivity index (χ4v) is 5.15. The maximum atomic E-state index is 15.0. The Morgan fingerprint density at radius 2 is 1.75 bits per heavy atom. The molecule has 0 aliphatic carbocycles. The van der Waals surface area contributed by atoms with Crippen LogP contribution < -0.4 is 0 Å². The molecule has 0 spiro atoms. The average Bonchev–Trinajstić information content (AvgIpc) is 3.56. The Kier molecular flexibility index (Phi) is 6.36. The Morgan fingerprint density at radius 1 is 1.00 bits per heavy atom. The maximum absolute atomic E-state index is 15.0. The summed E-state index contributed by atoms with van der Waals surface area (Å²) in [5.41, 5.74) is -1.51. The zero-order valence-electron chi connectivity index (χ0n) is 18.1. The number of rotatable bonds is 5. The van der Waals surface area contributed by atoms with Gasteiger partial charge in [-0.15, -0.1) is 10.2 Å². The third-order valence-corrected chi connectivity index (χ3v) is 6.95. The molecule has 0 N–H and O–H groups in total. The summed E-state index contributed by atoms with van der Waals surface area (Å²) in [7, 11) is 0. The van der Waals surface area contributed by atoms with Crippen LogP contribution in [0.5, 0.6) is 0 Å². The number of aryl methyl sites for hydroxylation is 1. The Bertz CT molecular complexity index is 1580. The number of nitrogens with zero attached hydrogens (tertiary/aromatic N) is 5. The van der Waals surface area contributed by atoms with Crippen molar-refractivity contribution in [1.29, 1.82) is 0 Å². The number of alkyl halides is 4. The predicted octanol–water partition coefficient (Wildman–Crippen LogP) is 7.25. The molecule has 184 valence electrons. The second-order valence-electron chi connectivity index (χ2n) is 7.54. The fourth-order valence-electron chi connectivity index (χ4n) is 3.78. The zero-order chi connectivity index (χ0) is 25.6. The SMILES string of the molecule is Cc1nnc(-c2c(-c3c(F)cccc3CI)noc2-c2cnn(-c3ccccc3F)c2C(F)(F)F)s1. The molecule has 13 heteroatoms. The standard InChI is InChI=1S/C23H13F5IN5OS/c1-11-31-32-22(36-11)18-19(17-12(9-29)5-4-7-15(17)25)33-35-20(18)13-10-30-34(21(13)23(26,27)28)16-8-3-2-6-14(16)24/h2-8,10H,9H2,1H3. The molecule has 5 rings (SSSR count). The quantitative estimate of drug-likeness (QED) is 0.116. The second-order valence-corrected chi connectivity index (χ2v) is 9.48. The molecule has 5 aromatic rings. The number of benzene rings is 2. The summed E-state index contributed by atoms with van der Waals surface area (Å²) in [4.78, 5) is 0. The van der Waals surface area contributed by atoms with Crippen molar-refractivity contribution >= 4 is 33.9 Å². The molecule has 3 heterocycles. The molecule has 0 radical (unpaired) electrons. The largest absolute Gasteiger partial charge is 0.434 e. The van der Waals surface area contributed by atoms with E-state index in [1.54, 1.807) is 13.0 Å². The van der Waals surface area contributed by atoms with E-state index < -0.39 is 34.8 Å². The predicted molar refractivity (Wildman–Crippen MR) is 131 cm³/mol. The van der Waals surface area contributed by atoms with Gasteiger partial charge in [0.25, 0.3) is 0 Å². The lowest BCUT2D eigenvalue weighted by Crippen LogP contribution is -2.15. The molecule has 36 heavy (non-hydrogen) atoms. The van der Waals surface area contributed by atoms with Crippen molar-refractivity contribution in [2.45, 2.75) is 17.5 Å². The Balaban J connectivity index is 1.83. The molecule has 0 fully saturated rings. The number of hydrogen-bond acceptors (Lipinski definition) is 6. The van der Waals surface area contributed by atoms with Crippen LogP contribution in [0.3, 0.4) is 0 Å². The highest BCUT2D eigenvalue weighted by Crippen LogP contribution is 2.46. The highest BCUT2D eigenvalue weighted by molar-refractivity contribution is 14.1. The molecule has 0 bridgehead atoms. The summed E-state index contributed by atoms with van der Waals surface area (Å²) in [6.45, 7) is 1.67. The summed E-state index contributed by atoms with van der Waals surface area (Å²) < 4.78 is 78.8. The molecule has 0 atom stereocenters. The Labute approximate surface area is 217 Å². The van der Waals surface area contributed by atoms with E-state index >= 15 is 4.39 Å². The van der Waals surface area contributed by atoms with Crippen LogP contribution >= 0.6 is 33.9 Å². The van der Waals surface area contributed by atoms with Gasteiger partial charge in [-0.2, -0.15) is 18.3 Å². The van der Waals surface area contributed by atoms with Crippen LogP contribution in [0.4, 0.5) is 22.0 Å². The van der Waals surface area contributed by atoms with Gasteiger partial charge in [0, 0.05) is 9.99 Å². The lowest BCUT2D eigenvalue weighted by molar-refractivity contribution is -0.142. The molecular formula is C23H13F5IN5OS. The number of halogens is 6. The van der Waals surface area contributed by atoms with E-state index in [2.05, 4.69) is 43.0 Å². The lowest BCUT2D eigenvalue weighted by atomic mass is 9.99. The van der Waals surface area contributed by atoms with Crippen molar-refractivity contribution in [1.82, 2.24) is 25.1 Å². The van der Waals surface area contributed by atoms with Crippen LogP contribution in [0.25, 0.3) is 38.8 Å². The topological polar surface area (TPSA) is 69.6 Å². The highest BCUT2D eigenvalue weighted by Gasteiger charge is 2.42. The first kappa shape index (κ1) is 24.5. The van der Waals surface area contributed by atoms with E-state index in [4.69, 9.17) is 4.52 Å². The maximum Gasteiger partial charge on any atom is 0.434 e. The van der Waals surface area contributed by atoms with E-state index in [1.165, 1.54) is 30.3 Å². The smallest absolute Gasteiger partial charge is 0.355 e. The van der Waals surface area contributed by atoms with Crippen LogP contribution in [0.2, 0.25) is 0 Å². The van der Waals surface area contributed by atoms with E-state index in [0.717, 1.165) is 23.6 Å². The van der Waals surface area contributed by atoms with Gasteiger partial charge in [-0.3, -0.25) is 0 Å². The number of para-hydroxylation sites is 1. The molecule has 0 aliphatic rings. The van der Waals surface area contributed by atoms with Crippen LogP contribution in [0, 0.1) is 18.6 Å². The Hall–Kier alpha value is -3.20. The summed E-state index contributed by atoms with van der Waals surface area (Å²) in [6.07, 6.45) is -4.04. The van der Waals surface area contributed by atoms with Crippen LogP contribution in [-0.4, -0.2) is 25.1 Å². The molecule has 0 unspecified atom stereocenters. The molecule has 0 saturated heterocycles. The van der Waals surface area contributed by atoms with E-state index in [-0.39, 0.29) is 27.6 Å². The molecule has 0 aliphatic heterocycles. The van der Waals surface area contributed by atoms with Crippen molar-refractivity contribution in [2.24, 2.45) is 0 Å². The van der Waals surface area contributed by atoms with Crippen molar-refractivity contribution in [3.8, 4) is 38.8 Å². The third-order valence-electron chi connectivity index (χ3n) is 5.28.